The van der Waals surface area contributed by atoms with Gasteiger partial charge in [0, 0.05) is 0 Å². The van der Waals surface area contributed by atoms with Crippen molar-refractivity contribution in [1.82, 2.24) is 10.2 Å². The fourth-order valence-corrected chi connectivity index (χ4v) is 1.88. The third-order valence-electron chi connectivity index (χ3n) is 2.78. The second-order valence-corrected chi connectivity index (χ2v) is 5.79. The molecule has 0 bridgehead atoms. The molecular weight excluding hydrogens is 264 g/mol. The molecule has 1 fully saturated rings. The van der Waals surface area contributed by atoms with Crippen LogP contribution in [0, 0.1) is 0 Å². The van der Waals surface area contributed by atoms with Crippen molar-refractivity contribution in [3.8, 4) is 0 Å². The summed E-state index contributed by atoms with van der Waals surface area (Å²) in [5.74, 6) is -1.36. The lowest BCUT2D eigenvalue weighted by Crippen LogP contribution is -2.39. The summed E-state index contributed by atoms with van der Waals surface area (Å²) in [6.07, 6.45) is 0.864. The van der Waals surface area contributed by atoms with Crippen LogP contribution in [0.2, 0.25) is 0 Å². The molecule has 7 heteroatoms. The molecule has 1 rings (SSSR count). The Balaban J connectivity index is 2.30. The Morgan fingerprint density at radius 2 is 1.95 bits per heavy atom. The number of alkyl carbamates (subject to hydrolysis) is 1. The molecule has 20 heavy (non-hydrogen) atoms. The number of hydrogen-bond acceptors (Lipinski definition) is 6. The van der Waals surface area contributed by atoms with Crippen LogP contribution in [0.1, 0.15) is 33.6 Å². The first kappa shape index (κ1) is 16.4. The van der Waals surface area contributed by atoms with Crippen molar-refractivity contribution in [2.75, 3.05) is 20.1 Å². The van der Waals surface area contributed by atoms with E-state index >= 15 is 0 Å². The molecular formula is C13H22N2O5. The Hall–Kier alpha value is -1.63. The maximum Gasteiger partial charge on any atom is 0.408 e. The summed E-state index contributed by atoms with van der Waals surface area (Å²) in [6, 6.07) is -0.375. The molecule has 114 valence electrons. The zero-order valence-corrected chi connectivity index (χ0v) is 12.4. The van der Waals surface area contributed by atoms with E-state index in [1.54, 1.807) is 20.8 Å². The quantitative estimate of drug-likeness (QED) is 0.606. The Morgan fingerprint density at radius 3 is 2.45 bits per heavy atom. The van der Waals surface area contributed by atoms with Crippen LogP contribution in [0.25, 0.3) is 0 Å². The zero-order chi connectivity index (χ0) is 15.3. The van der Waals surface area contributed by atoms with Crippen molar-refractivity contribution in [3.05, 3.63) is 0 Å². The summed E-state index contributed by atoms with van der Waals surface area (Å²) in [4.78, 5) is 36.3. The SMILES string of the molecule is CN1CCCC1C(=O)OC(=O)CNC(=O)OC(C)(C)C. The largest absolute Gasteiger partial charge is 0.444 e. The number of hydrogen-bond donors (Lipinski definition) is 1. The summed E-state index contributed by atoms with van der Waals surface area (Å²) < 4.78 is 9.65. The first-order valence-electron chi connectivity index (χ1n) is 6.60. The van der Waals surface area contributed by atoms with Gasteiger partial charge in [0.25, 0.3) is 0 Å². The van der Waals surface area contributed by atoms with Crippen molar-refractivity contribution in [1.29, 1.82) is 0 Å². The molecule has 0 aromatic carbocycles. The number of amides is 1. The molecule has 1 heterocycles. The van der Waals surface area contributed by atoms with Crippen molar-refractivity contribution >= 4 is 18.0 Å². The van der Waals surface area contributed by atoms with Crippen LogP contribution in [0.5, 0.6) is 0 Å². The van der Waals surface area contributed by atoms with Crippen LogP contribution in [-0.4, -0.2) is 54.7 Å². The Morgan fingerprint density at radius 1 is 1.30 bits per heavy atom. The lowest BCUT2D eigenvalue weighted by Gasteiger charge is -2.19. The number of nitrogens with one attached hydrogen (secondary N) is 1. The summed E-state index contributed by atoms with van der Waals surface area (Å²) >= 11 is 0. The third kappa shape index (κ3) is 5.56. The van der Waals surface area contributed by atoms with Crippen LogP contribution < -0.4 is 5.32 Å². The molecule has 0 spiro atoms. The van der Waals surface area contributed by atoms with E-state index in [1.165, 1.54) is 0 Å². The van der Waals surface area contributed by atoms with Crippen LogP contribution >= 0.6 is 0 Å². The summed E-state index contributed by atoms with van der Waals surface area (Å²) in [5, 5.41) is 2.24. The topological polar surface area (TPSA) is 84.9 Å². The Labute approximate surface area is 118 Å². The second kappa shape index (κ2) is 6.69. The van der Waals surface area contributed by atoms with E-state index in [1.807, 2.05) is 11.9 Å². The highest BCUT2D eigenvalue weighted by Crippen LogP contribution is 2.15. The van der Waals surface area contributed by atoms with Crippen molar-refractivity contribution in [2.24, 2.45) is 0 Å². The predicted octanol–water partition coefficient (Wildman–Crippen LogP) is 0.675. The van der Waals surface area contributed by atoms with Gasteiger partial charge in [-0.2, -0.15) is 0 Å². The maximum absolute atomic E-state index is 11.7. The van der Waals surface area contributed by atoms with E-state index in [9.17, 15) is 14.4 Å². The molecule has 1 amide bonds. The monoisotopic (exact) mass is 286 g/mol. The molecule has 0 aromatic heterocycles. The van der Waals surface area contributed by atoms with E-state index in [2.05, 4.69) is 5.32 Å². The Bertz CT molecular complexity index is 389. The summed E-state index contributed by atoms with van der Waals surface area (Å²) in [7, 11) is 1.81. The molecule has 0 aliphatic carbocycles. The smallest absolute Gasteiger partial charge is 0.408 e. The van der Waals surface area contributed by atoms with Gasteiger partial charge in [-0.3, -0.25) is 4.90 Å². The highest BCUT2D eigenvalue weighted by Gasteiger charge is 2.30. The van der Waals surface area contributed by atoms with Gasteiger partial charge in [0.05, 0.1) is 0 Å². The van der Waals surface area contributed by atoms with Crippen molar-refractivity contribution < 1.29 is 23.9 Å². The lowest BCUT2D eigenvalue weighted by atomic mass is 10.2. The fraction of sp³-hybridized carbons (Fsp3) is 0.769. The average Bonchev–Trinajstić information content (AvgIpc) is 2.70. The first-order valence-corrected chi connectivity index (χ1v) is 6.60. The number of rotatable bonds is 3. The van der Waals surface area contributed by atoms with E-state index < -0.39 is 30.2 Å². The van der Waals surface area contributed by atoms with Gasteiger partial charge in [-0.25, -0.2) is 14.4 Å². The van der Waals surface area contributed by atoms with E-state index in [0.717, 1.165) is 13.0 Å². The van der Waals surface area contributed by atoms with Gasteiger partial charge in [0.2, 0.25) is 0 Å². The highest BCUT2D eigenvalue weighted by atomic mass is 16.6. The number of esters is 2. The predicted molar refractivity (Wildman–Crippen MR) is 71.0 cm³/mol. The van der Waals surface area contributed by atoms with Crippen LogP contribution in [0.3, 0.4) is 0 Å². The third-order valence-corrected chi connectivity index (χ3v) is 2.78. The van der Waals surface area contributed by atoms with Gasteiger partial charge in [0.15, 0.2) is 0 Å². The minimum Gasteiger partial charge on any atom is -0.444 e. The van der Waals surface area contributed by atoms with Crippen molar-refractivity contribution in [3.63, 3.8) is 0 Å². The fourth-order valence-electron chi connectivity index (χ4n) is 1.88. The zero-order valence-electron chi connectivity index (χ0n) is 12.4. The minimum atomic E-state index is -0.791. The van der Waals surface area contributed by atoms with Crippen LogP contribution in [0.15, 0.2) is 0 Å². The summed E-state index contributed by atoms with van der Waals surface area (Å²) in [6.45, 7) is 5.56. The molecule has 0 aromatic rings. The Kier molecular flexibility index (Phi) is 5.50. The van der Waals surface area contributed by atoms with Gasteiger partial charge in [-0.15, -0.1) is 0 Å². The molecule has 7 nitrogen and oxygen atoms in total. The molecule has 1 atom stereocenters. The van der Waals surface area contributed by atoms with Gasteiger partial charge >= 0.3 is 18.0 Å². The number of likely N-dealkylation sites (N-methyl/N-ethyl adjacent to an activating group) is 1. The molecule has 1 N–H and O–H groups in total. The van der Waals surface area contributed by atoms with Gasteiger partial charge in [-0.05, 0) is 47.2 Å². The maximum atomic E-state index is 11.7. The molecule has 1 saturated heterocycles. The highest BCUT2D eigenvalue weighted by molar-refractivity contribution is 5.90. The number of ether oxygens (including phenoxy) is 2. The van der Waals surface area contributed by atoms with E-state index in [0.29, 0.717) is 6.42 Å². The lowest BCUT2D eigenvalue weighted by molar-refractivity contribution is -0.162. The first-order chi connectivity index (χ1) is 9.19. The number of carbonyl (C=O) groups excluding carboxylic acids is 3. The normalized spacial score (nSPS) is 19.5. The molecule has 0 radical (unpaired) electrons. The van der Waals surface area contributed by atoms with Gasteiger partial charge in [-0.1, -0.05) is 0 Å². The molecule has 1 aliphatic heterocycles. The van der Waals surface area contributed by atoms with E-state index in [4.69, 9.17) is 9.47 Å². The van der Waals surface area contributed by atoms with Crippen molar-refractivity contribution in [2.45, 2.75) is 45.3 Å². The second-order valence-electron chi connectivity index (χ2n) is 5.79. The standard InChI is InChI=1S/C13H22N2O5/c1-13(2,3)20-12(18)14-8-10(16)19-11(17)9-6-5-7-15(9)4/h9H,5-8H2,1-4H3,(H,14,18). The number of likely N-dealkylation sites (tertiary alicyclic amines) is 1. The molecule has 1 unspecified atom stereocenters. The average molecular weight is 286 g/mol. The van der Waals surface area contributed by atoms with E-state index in [-0.39, 0.29) is 6.04 Å². The summed E-state index contributed by atoms with van der Waals surface area (Å²) in [5.41, 5.74) is -0.642. The van der Waals surface area contributed by atoms with Crippen LogP contribution in [-0.2, 0) is 19.1 Å². The van der Waals surface area contributed by atoms with Crippen LogP contribution in [0.4, 0.5) is 4.79 Å². The van der Waals surface area contributed by atoms with Gasteiger partial charge in [0.1, 0.15) is 18.2 Å². The molecule has 0 saturated carbocycles. The number of nitrogens with zero attached hydrogens (tertiary/aromatic N) is 1. The minimum absolute atomic E-state index is 0.375. The molecule has 1 aliphatic rings. The number of carbonyl (C=O) groups is 3. The van der Waals surface area contributed by atoms with Gasteiger partial charge < -0.3 is 14.8 Å².